The minimum Gasteiger partial charge on any atom is -0.316 e. The molecule has 0 unspecified atom stereocenters. The van der Waals surface area contributed by atoms with E-state index >= 15 is 0 Å². The van der Waals surface area contributed by atoms with E-state index in [2.05, 4.69) is 16.4 Å². The van der Waals surface area contributed by atoms with Crippen molar-refractivity contribution < 1.29 is 4.39 Å². The fourth-order valence-corrected chi connectivity index (χ4v) is 3.92. The van der Waals surface area contributed by atoms with E-state index in [9.17, 15) is 4.39 Å². The molecule has 110 valence electrons. The van der Waals surface area contributed by atoms with Crippen LogP contribution in [0.25, 0.3) is 0 Å². The molecule has 1 aliphatic heterocycles. The number of pyridine rings is 1. The van der Waals surface area contributed by atoms with Gasteiger partial charge in [-0.05, 0) is 55.3 Å². The van der Waals surface area contributed by atoms with Crippen LogP contribution in [0.1, 0.15) is 16.8 Å². The molecule has 21 heavy (non-hydrogen) atoms. The maximum atomic E-state index is 12.9. The topological polar surface area (TPSA) is 24.9 Å². The molecule has 1 aliphatic rings. The van der Waals surface area contributed by atoms with E-state index in [0.29, 0.717) is 5.75 Å². The summed E-state index contributed by atoms with van der Waals surface area (Å²) in [6, 6.07) is 7.27. The maximum absolute atomic E-state index is 12.9. The Bertz CT molecular complexity index is 631. The van der Waals surface area contributed by atoms with E-state index in [1.165, 1.54) is 23.4 Å². The highest BCUT2D eigenvalue weighted by Gasteiger charge is 2.15. The quantitative estimate of drug-likeness (QED) is 0.869. The molecule has 0 spiro atoms. The molecule has 5 heteroatoms. The molecule has 0 fully saturated rings. The second-order valence-electron chi connectivity index (χ2n) is 5.02. The van der Waals surface area contributed by atoms with Crippen molar-refractivity contribution in [2.45, 2.75) is 23.5 Å². The molecule has 3 rings (SSSR count). The molecule has 1 aromatic heterocycles. The number of aromatic nitrogens is 1. The molecule has 0 saturated heterocycles. The number of thioether (sulfide) groups is 1. The van der Waals surface area contributed by atoms with Crippen molar-refractivity contribution in [2.24, 2.45) is 0 Å². The molecule has 2 heterocycles. The maximum Gasteiger partial charge on any atom is 0.141 e. The second-order valence-corrected chi connectivity index (χ2v) is 6.41. The summed E-state index contributed by atoms with van der Waals surface area (Å²) in [6.07, 6.45) is 3.29. The standard InChI is InChI=1S/C16H16ClFN2S/c17-15-4-1-11-5-7-19-8-6-14(11)16(15)21-10-13-3-2-12(18)9-20-13/h1-4,9,19H,5-8,10H2. The predicted molar refractivity (Wildman–Crippen MR) is 85.5 cm³/mol. The normalized spacial score (nSPS) is 14.6. The van der Waals surface area contributed by atoms with Gasteiger partial charge in [-0.25, -0.2) is 4.39 Å². The lowest BCUT2D eigenvalue weighted by Gasteiger charge is -2.13. The van der Waals surface area contributed by atoms with Gasteiger partial charge in [-0.2, -0.15) is 0 Å². The highest BCUT2D eigenvalue weighted by molar-refractivity contribution is 7.98. The van der Waals surface area contributed by atoms with Crippen LogP contribution >= 0.6 is 23.4 Å². The number of benzene rings is 1. The Morgan fingerprint density at radius 2 is 2.05 bits per heavy atom. The average molecular weight is 323 g/mol. The summed E-state index contributed by atoms with van der Waals surface area (Å²) in [6.45, 7) is 1.99. The monoisotopic (exact) mass is 322 g/mol. The first-order chi connectivity index (χ1) is 10.2. The SMILES string of the molecule is Fc1ccc(CSc2c(Cl)ccc3c2CCNCC3)nc1. The van der Waals surface area contributed by atoms with Crippen molar-refractivity contribution in [1.82, 2.24) is 10.3 Å². The summed E-state index contributed by atoms with van der Waals surface area (Å²) >= 11 is 8.07. The molecule has 0 bridgehead atoms. The van der Waals surface area contributed by atoms with Crippen LogP contribution in [0.5, 0.6) is 0 Å². The molecule has 0 amide bonds. The Hall–Kier alpha value is -1.10. The molecule has 2 aromatic rings. The van der Waals surface area contributed by atoms with Crippen molar-refractivity contribution >= 4 is 23.4 Å². The van der Waals surface area contributed by atoms with Crippen LogP contribution in [0.15, 0.2) is 35.4 Å². The van der Waals surface area contributed by atoms with Gasteiger partial charge in [-0.3, -0.25) is 4.98 Å². The van der Waals surface area contributed by atoms with E-state index in [1.807, 2.05) is 6.07 Å². The number of fused-ring (bicyclic) bond motifs is 1. The summed E-state index contributed by atoms with van der Waals surface area (Å²) in [7, 11) is 0. The Kier molecular flexibility index (Phi) is 4.78. The lowest BCUT2D eigenvalue weighted by molar-refractivity contribution is 0.620. The summed E-state index contributed by atoms with van der Waals surface area (Å²) in [5.41, 5.74) is 3.58. The van der Waals surface area contributed by atoms with Crippen LogP contribution in [0.4, 0.5) is 4.39 Å². The third kappa shape index (κ3) is 3.57. The van der Waals surface area contributed by atoms with Crippen molar-refractivity contribution in [3.8, 4) is 0 Å². The summed E-state index contributed by atoms with van der Waals surface area (Å²) < 4.78 is 12.9. The molecule has 1 aromatic carbocycles. The van der Waals surface area contributed by atoms with Gasteiger partial charge in [0, 0.05) is 10.6 Å². The van der Waals surface area contributed by atoms with Crippen LogP contribution in [-0.4, -0.2) is 18.1 Å². The second kappa shape index (κ2) is 6.77. The summed E-state index contributed by atoms with van der Waals surface area (Å²) in [5.74, 6) is 0.394. The van der Waals surface area contributed by atoms with E-state index in [1.54, 1.807) is 17.8 Å². The van der Waals surface area contributed by atoms with Gasteiger partial charge in [0.2, 0.25) is 0 Å². The number of nitrogens with zero attached hydrogens (tertiary/aromatic N) is 1. The first kappa shape index (κ1) is 14.8. The van der Waals surface area contributed by atoms with Crippen molar-refractivity contribution in [1.29, 1.82) is 0 Å². The average Bonchev–Trinajstić information content (AvgIpc) is 2.73. The molecular formula is C16H16ClFN2S. The van der Waals surface area contributed by atoms with Crippen molar-refractivity contribution in [2.75, 3.05) is 13.1 Å². The first-order valence-electron chi connectivity index (χ1n) is 6.98. The summed E-state index contributed by atoms with van der Waals surface area (Å²) in [4.78, 5) is 5.24. The zero-order valence-electron chi connectivity index (χ0n) is 11.5. The Morgan fingerprint density at radius 3 is 2.86 bits per heavy atom. The lowest BCUT2D eigenvalue weighted by atomic mass is 10.0. The number of halogens is 2. The van der Waals surface area contributed by atoms with Gasteiger partial charge in [-0.15, -0.1) is 11.8 Å². The highest BCUT2D eigenvalue weighted by Crippen LogP contribution is 2.35. The van der Waals surface area contributed by atoms with Crippen molar-refractivity contribution in [3.05, 3.63) is 58.1 Å². The molecule has 0 saturated carbocycles. The predicted octanol–water partition coefficient (Wildman–Crippen LogP) is 3.85. The first-order valence-corrected chi connectivity index (χ1v) is 8.34. The van der Waals surface area contributed by atoms with Gasteiger partial charge >= 0.3 is 0 Å². The zero-order valence-corrected chi connectivity index (χ0v) is 13.1. The van der Waals surface area contributed by atoms with E-state index in [0.717, 1.165) is 41.5 Å². The zero-order chi connectivity index (χ0) is 14.7. The van der Waals surface area contributed by atoms with Gasteiger partial charge in [0.25, 0.3) is 0 Å². The number of rotatable bonds is 3. The largest absolute Gasteiger partial charge is 0.316 e. The van der Waals surface area contributed by atoms with E-state index in [-0.39, 0.29) is 5.82 Å². The van der Waals surface area contributed by atoms with Crippen LogP contribution in [0.3, 0.4) is 0 Å². The number of nitrogens with one attached hydrogen (secondary N) is 1. The third-order valence-corrected chi connectivity index (χ3v) is 5.21. The summed E-state index contributed by atoms with van der Waals surface area (Å²) in [5, 5.41) is 4.21. The smallest absolute Gasteiger partial charge is 0.141 e. The molecular weight excluding hydrogens is 307 g/mol. The van der Waals surface area contributed by atoms with E-state index < -0.39 is 0 Å². The van der Waals surface area contributed by atoms with Crippen LogP contribution in [0, 0.1) is 5.82 Å². The Balaban J connectivity index is 1.82. The molecule has 2 nitrogen and oxygen atoms in total. The van der Waals surface area contributed by atoms with Gasteiger partial charge in [-0.1, -0.05) is 17.7 Å². The van der Waals surface area contributed by atoms with Crippen LogP contribution < -0.4 is 5.32 Å². The number of hydrogen-bond donors (Lipinski definition) is 1. The number of hydrogen-bond acceptors (Lipinski definition) is 3. The third-order valence-electron chi connectivity index (χ3n) is 3.59. The molecule has 0 radical (unpaired) electrons. The van der Waals surface area contributed by atoms with Gasteiger partial charge < -0.3 is 5.32 Å². The van der Waals surface area contributed by atoms with Gasteiger partial charge in [0.15, 0.2) is 0 Å². The van der Waals surface area contributed by atoms with Crippen molar-refractivity contribution in [3.63, 3.8) is 0 Å². The Labute approximate surface area is 133 Å². The van der Waals surface area contributed by atoms with E-state index in [4.69, 9.17) is 11.6 Å². The Morgan fingerprint density at radius 1 is 1.19 bits per heavy atom. The lowest BCUT2D eigenvalue weighted by Crippen LogP contribution is -2.16. The highest BCUT2D eigenvalue weighted by atomic mass is 35.5. The molecule has 0 atom stereocenters. The van der Waals surface area contributed by atoms with Crippen LogP contribution in [-0.2, 0) is 18.6 Å². The fraction of sp³-hybridized carbons (Fsp3) is 0.312. The fourth-order valence-electron chi connectivity index (χ4n) is 2.50. The molecule has 0 aliphatic carbocycles. The minimum atomic E-state index is -0.304. The van der Waals surface area contributed by atoms with Gasteiger partial charge in [0.05, 0.1) is 16.9 Å². The molecule has 1 N–H and O–H groups in total. The van der Waals surface area contributed by atoms with Crippen LogP contribution in [0.2, 0.25) is 5.02 Å². The minimum absolute atomic E-state index is 0.304. The van der Waals surface area contributed by atoms with Gasteiger partial charge in [0.1, 0.15) is 5.82 Å².